The van der Waals surface area contributed by atoms with Crippen LogP contribution in [0.3, 0.4) is 0 Å². The second-order valence-electron chi connectivity index (χ2n) is 6.71. The van der Waals surface area contributed by atoms with Gasteiger partial charge in [0.15, 0.2) is 11.6 Å². The lowest BCUT2D eigenvalue weighted by Crippen LogP contribution is -2.48. The monoisotopic (exact) mass is 378 g/mol. The molecule has 4 nitrogen and oxygen atoms in total. The molecule has 0 aromatic heterocycles. The van der Waals surface area contributed by atoms with Crippen molar-refractivity contribution >= 4 is 24.0 Å². The van der Waals surface area contributed by atoms with Crippen molar-refractivity contribution in [3.8, 4) is 5.75 Å². The Balaban J connectivity index is 0.00000225. The summed E-state index contributed by atoms with van der Waals surface area (Å²) in [4.78, 5) is 12.5. The highest BCUT2D eigenvalue weighted by Crippen LogP contribution is 2.42. The van der Waals surface area contributed by atoms with Crippen LogP contribution in [0.1, 0.15) is 32.1 Å². The first-order valence-corrected chi connectivity index (χ1v) is 8.25. The molecule has 3 rings (SSSR count). The Labute approximate surface area is 150 Å². The highest BCUT2D eigenvalue weighted by Gasteiger charge is 2.40. The molecule has 0 saturated heterocycles. The molecule has 0 heterocycles. The van der Waals surface area contributed by atoms with Crippen LogP contribution in [0.5, 0.6) is 5.75 Å². The summed E-state index contributed by atoms with van der Waals surface area (Å²) in [5.74, 6) is -1.05. The largest absolute Gasteiger partial charge is 0.432 e. The Kier molecular flexibility index (Phi) is 6.57. The van der Waals surface area contributed by atoms with Gasteiger partial charge in [0.05, 0.1) is 0 Å². The molecule has 2 aliphatic rings. The van der Waals surface area contributed by atoms with Gasteiger partial charge in [0.25, 0.3) is 0 Å². The van der Waals surface area contributed by atoms with Crippen molar-refractivity contribution in [1.82, 2.24) is 0 Å². The smallest absolute Gasteiger partial charge is 0.387 e. The van der Waals surface area contributed by atoms with Gasteiger partial charge in [0.2, 0.25) is 5.91 Å². The van der Waals surface area contributed by atoms with E-state index in [1.54, 1.807) is 0 Å². The van der Waals surface area contributed by atoms with Crippen molar-refractivity contribution in [3.05, 3.63) is 24.0 Å². The lowest BCUT2D eigenvalue weighted by Gasteiger charge is -2.43. The number of carbonyl (C=O) groups excluding carboxylic acids is 1. The summed E-state index contributed by atoms with van der Waals surface area (Å²) in [6.45, 7) is -3.09. The van der Waals surface area contributed by atoms with Gasteiger partial charge < -0.3 is 15.8 Å². The Morgan fingerprint density at radius 3 is 2.44 bits per heavy atom. The van der Waals surface area contributed by atoms with E-state index in [9.17, 15) is 18.0 Å². The van der Waals surface area contributed by atoms with E-state index in [-0.39, 0.29) is 36.0 Å². The van der Waals surface area contributed by atoms with Gasteiger partial charge in [-0.2, -0.15) is 8.78 Å². The molecular formula is C17H22ClF3N2O2. The molecule has 140 valence electrons. The van der Waals surface area contributed by atoms with Crippen LogP contribution in [0.15, 0.2) is 18.2 Å². The number of hydrogen-bond acceptors (Lipinski definition) is 3. The van der Waals surface area contributed by atoms with Crippen LogP contribution in [-0.2, 0) is 4.79 Å². The van der Waals surface area contributed by atoms with Gasteiger partial charge in [-0.25, -0.2) is 4.39 Å². The van der Waals surface area contributed by atoms with Gasteiger partial charge in [0.1, 0.15) is 0 Å². The third-order valence-corrected chi connectivity index (χ3v) is 5.20. The van der Waals surface area contributed by atoms with E-state index in [4.69, 9.17) is 5.73 Å². The Hall–Kier alpha value is -1.47. The highest BCUT2D eigenvalue weighted by molar-refractivity contribution is 5.92. The molecule has 3 N–H and O–H groups in total. The van der Waals surface area contributed by atoms with E-state index in [0.29, 0.717) is 11.8 Å². The molecule has 2 unspecified atom stereocenters. The molecule has 0 aliphatic heterocycles. The molecule has 2 bridgehead atoms. The van der Waals surface area contributed by atoms with Gasteiger partial charge >= 0.3 is 6.61 Å². The summed E-state index contributed by atoms with van der Waals surface area (Å²) in [5.41, 5.74) is 6.45. The maximum absolute atomic E-state index is 13.7. The fourth-order valence-electron chi connectivity index (χ4n) is 4.02. The predicted molar refractivity (Wildman–Crippen MR) is 90.4 cm³/mol. The predicted octanol–water partition coefficient (Wildman–Crippen LogP) is 3.94. The number of nitrogens with two attached hydrogens (primary N) is 1. The van der Waals surface area contributed by atoms with E-state index < -0.39 is 18.2 Å². The topological polar surface area (TPSA) is 64.4 Å². The average Bonchev–Trinajstić information content (AvgIpc) is 2.49. The van der Waals surface area contributed by atoms with Gasteiger partial charge in [-0.15, -0.1) is 12.4 Å². The maximum Gasteiger partial charge on any atom is 0.387 e. The molecule has 1 aromatic carbocycles. The van der Waals surface area contributed by atoms with E-state index in [1.165, 1.54) is 6.07 Å². The Morgan fingerprint density at radius 2 is 1.88 bits per heavy atom. The maximum atomic E-state index is 13.7. The molecule has 1 amide bonds. The zero-order chi connectivity index (χ0) is 17.3. The van der Waals surface area contributed by atoms with Gasteiger partial charge in [-0.05, 0) is 49.7 Å². The number of ether oxygens (including phenoxy) is 1. The minimum atomic E-state index is -3.09. The van der Waals surface area contributed by atoms with Crippen molar-refractivity contribution < 1.29 is 22.7 Å². The molecule has 2 aliphatic carbocycles. The number of nitrogens with one attached hydrogen (secondary N) is 1. The standard InChI is InChI=1S/C17H21F3N2O2.ClH/c18-13-8-12(4-5-14(13)24-17(19)20)22-16(23)11-6-9-2-1-3-10(7-11)15(9)21;/h4-5,8-11,15,17H,1-3,6-7,21H2,(H,22,23);1H. The molecule has 25 heavy (non-hydrogen) atoms. The van der Waals surface area contributed by atoms with Crippen molar-refractivity contribution in [3.63, 3.8) is 0 Å². The second-order valence-corrected chi connectivity index (χ2v) is 6.71. The number of carbonyl (C=O) groups is 1. The summed E-state index contributed by atoms with van der Waals surface area (Å²) in [7, 11) is 0. The molecule has 8 heteroatoms. The zero-order valence-electron chi connectivity index (χ0n) is 13.6. The van der Waals surface area contributed by atoms with Gasteiger partial charge in [-0.3, -0.25) is 4.79 Å². The minimum absolute atomic E-state index is 0. The van der Waals surface area contributed by atoms with Crippen LogP contribution in [-0.4, -0.2) is 18.6 Å². The Morgan fingerprint density at radius 1 is 1.24 bits per heavy atom. The molecule has 0 radical (unpaired) electrons. The van der Waals surface area contributed by atoms with Gasteiger partial charge in [-0.1, -0.05) is 6.42 Å². The average molecular weight is 379 g/mol. The number of halogens is 4. The minimum Gasteiger partial charge on any atom is -0.432 e. The number of hydrogen-bond donors (Lipinski definition) is 2. The number of amides is 1. The lowest BCUT2D eigenvalue weighted by molar-refractivity contribution is -0.122. The van der Waals surface area contributed by atoms with Crippen molar-refractivity contribution in [1.29, 1.82) is 0 Å². The van der Waals surface area contributed by atoms with Crippen LogP contribution in [0.2, 0.25) is 0 Å². The summed E-state index contributed by atoms with van der Waals surface area (Å²) in [5, 5.41) is 2.67. The summed E-state index contributed by atoms with van der Waals surface area (Å²) >= 11 is 0. The zero-order valence-corrected chi connectivity index (χ0v) is 14.4. The van der Waals surface area contributed by atoms with Crippen LogP contribution in [0, 0.1) is 23.6 Å². The number of anilines is 1. The third kappa shape index (κ3) is 4.58. The third-order valence-electron chi connectivity index (χ3n) is 5.20. The summed E-state index contributed by atoms with van der Waals surface area (Å²) in [6, 6.07) is 3.60. The van der Waals surface area contributed by atoms with Gasteiger partial charge in [0, 0.05) is 23.7 Å². The quantitative estimate of drug-likeness (QED) is 0.834. The number of alkyl halides is 2. The first-order valence-electron chi connectivity index (χ1n) is 8.25. The van der Waals surface area contributed by atoms with E-state index in [2.05, 4.69) is 10.1 Å². The van der Waals surface area contributed by atoms with Crippen LogP contribution in [0.25, 0.3) is 0 Å². The molecular weight excluding hydrogens is 357 g/mol. The molecule has 2 atom stereocenters. The first kappa shape index (κ1) is 19.8. The fraction of sp³-hybridized carbons (Fsp3) is 0.588. The number of rotatable bonds is 4. The van der Waals surface area contributed by atoms with Crippen molar-refractivity contribution in [2.24, 2.45) is 23.5 Å². The van der Waals surface area contributed by atoms with E-state index >= 15 is 0 Å². The fourth-order valence-corrected chi connectivity index (χ4v) is 4.02. The normalized spacial score (nSPS) is 28.2. The van der Waals surface area contributed by atoms with Crippen molar-refractivity contribution in [2.75, 3.05) is 5.32 Å². The number of benzene rings is 1. The van der Waals surface area contributed by atoms with Crippen LogP contribution in [0.4, 0.5) is 18.9 Å². The molecule has 2 fully saturated rings. The highest BCUT2D eigenvalue weighted by atomic mass is 35.5. The second kappa shape index (κ2) is 8.27. The lowest BCUT2D eigenvalue weighted by atomic mass is 9.65. The number of fused-ring (bicyclic) bond motifs is 2. The van der Waals surface area contributed by atoms with E-state index in [0.717, 1.165) is 44.2 Å². The van der Waals surface area contributed by atoms with Crippen LogP contribution < -0.4 is 15.8 Å². The molecule has 2 saturated carbocycles. The van der Waals surface area contributed by atoms with E-state index in [1.807, 2.05) is 0 Å². The SMILES string of the molecule is Cl.NC1C2CCCC1CC(C(=O)Nc1ccc(OC(F)F)c(F)c1)C2. The van der Waals surface area contributed by atoms with Crippen LogP contribution >= 0.6 is 12.4 Å². The molecule has 0 spiro atoms. The molecule has 1 aromatic rings. The summed E-state index contributed by atoms with van der Waals surface area (Å²) in [6.07, 6.45) is 4.76. The first-order chi connectivity index (χ1) is 11.4. The van der Waals surface area contributed by atoms with Crippen molar-refractivity contribution in [2.45, 2.75) is 44.8 Å². The summed E-state index contributed by atoms with van der Waals surface area (Å²) < 4.78 is 42.0. The Bertz CT molecular complexity index is 604.